The van der Waals surface area contributed by atoms with Crippen molar-refractivity contribution in [3.63, 3.8) is 0 Å². The van der Waals surface area contributed by atoms with Gasteiger partial charge in [-0.1, -0.05) is 13.3 Å². The Morgan fingerprint density at radius 1 is 1.57 bits per heavy atom. The average Bonchev–Trinajstić information content (AvgIpc) is 2.26. The van der Waals surface area contributed by atoms with Gasteiger partial charge >= 0.3 is 0 Å². The number of carbonyl (C=O) groups is 1. The van der Waals surface area contributed by atoms with Gasteiger partial charge in [-0.2, -0.15) is 0 Å². The van der Waals surface area contributed by atoms with E-state index in [-0.39, 0.29) is 12.5 Å². The zero-order valence-electron chi connectivity index (χ0n) is 9.04. The first-order valence-electron chi connectivity index (χ1n) is 5.66. The molecule has 1 heterocycles. The molecule has 0 radical (unpaired) electrons. The molecular weight excluding hydrogens is 178 g/mol. The van der Waals surface area contributed by atoms with Gasteiger partial charge in [0.1, 0.15) is 0 Å². The molecule has 1 atom stereocenters. The van der Waals surface area contributed by atoms with Crippen LogP contribution in [0.2, 0.25) is 0 Å². The van der Waals surface area contributed by atoms with Gasteiger partial charge in [0.15, 0.2) is 0 Å². The summed E-state index contributed by atoms with van der Waals surface area (Å²) in [7, 11) is 0. The Morgan fingerprint density at radius 2 is 2.36 bits per heavy atom. The van der Waals surface area contributed by atoms with Gasteiger partial charge in [0.2, 0.25) is 5.91 Å². The highest BCUT2D eigenvalue weighted by molar-refractivity contribution is 5.76. The van der Waals surface area contributed by atoms with Crippen molar-refractivity contribution in [2.45, 2.75) is 39.0 Å². The van der Waals surface area contributed by atoms with Gasteiger partial charge in [-0.05, 0) is 25.2 Å². The largest absolute Gasteiger partial charge is 0.396 e. The quantitative estimate of drug-likeness (QED) is 0.743. The fourth-order valence-electron chi connectivity index (χ4n) is 1.93. The van der Waals surface area contributed by atoms with E-state index >= 15 is 0 Å². The Hall–Kier alpha value is -0.570. The van der Waals surface area contributed by atoms with Gasteiger partial charge in [0, 0.05) is 26.1 Å². The molecule has 1 aliphatic rings. The van der Waals surface area contributed by atoms with Crippen molar-refractivity contribution in [1.82, 2.24) is 4.90 Å². The van der Waals surface area contributed by atoms with Crippen LogP contribution < -0.4 is 0 Å². The highest BCUT2D eigenvalue weighted by Gasteiger charge is 2.22. The summed E-state index contributed by atoms with van der Waals surface area (Å²) >= 11 is 0. The normalized spacial score (nSPS) is 22.4. The standard InChI is InChI=1S/C11H21NO2/c1-2-3-6-11(14)12-7-4-5-10(8-12)9-13/h10,13H,2-9H2,1H3/t10-/m0/s1. The fraction of sp³-hybridized carbons (Fsp3) is 0.909. The van der Waals surface area contributed by atoms with E-state index in [2.05, 4.69) is 6.92 Å². The molecule has 0 aliphatic carbocycles. The maximum absolute atomic E-state index is 11.7. The van der Waals surface area contributed by atoms with Crippen molar-refractivity contribution in [3.8, 4) is 0 Å². The van der Waals surface area contributed by atoms with Crippen LogP contribution in [0.4, 0.5) is 0 Å². The van der Waals surface area contributed by atoms with E-state index in [1.807, 2.05) is 4.90 Å². The summed E-state index contributed by atoms with van der Waals surface area (Å²) in [5, 5.41) is 9.03. The molecular formula is C11H21NO2. The number of likely N-dealkylation sites (tertiary alicyclic amines) is 1. The van der Waals surface area contributed by atoms with Crippen LogP contribution in [0, 0.1) is 5.92 Å². The number of piperidine rings is 1. The van der Waals surface area contributed by atoms with E-state index in [4.69, 9.17) is 5.11 Å². The highest BCUT2D eigenvalue weighted by Crippen LogP contribution is 2.16. The van der Waals surface area contributed by atoms with Gasteiger partial charge < -0.3 is 10.0 Å². The van der Waals surface area contributed by atoms with Crippen molar-refractivity contribution in [2.75, 3.05) is 19.7 Å². The van der Waals surface area contributed by atoms with E-state index in [0.717, 1.165) is 38.8 Å². The average molecular weight is 199 g/mol. The Bertz CT molecular complexity index is 182. The summed E-state index contributed by atoms with van der Waals surface area (Å²) in [4.78, 5) is 13.6. The maximum atomic E-state index is 11.7. The van der Waals surface area contributed by atoms with Crippen molar-refractivity contribution in [2.24, 2.45) is 5.92 Å². The van der Waals surface area contributed by atoms with Gasteiger partial charge in [-0.3, -0.25) is 4.79 Å². The van der Waals surface area contributed by atoms with Crippen molar-refractivity contribution in [3.05, 3.63) is 0 Å². The summed E-state index contributed by atoms with van der Waals surface area (Å²) in [6.07, 6.45) is 4.84. The van der Waals surface area contributed by atoms with Crippen LogP contribution in [0.25, 0.3) is 0 Å². The number of aliphatic hydroxyl groups is 1. The topological polar surface area (TPSA) is 40.5 Å². The van der Waals surface area contributed by atoms with E-state index in [1.165, 1.54) is 0 Å². The Balaban J connectivity index is 2.31. The zero-order chi connectivity index (χ0) is 10.4. The van der Waals surface area contributed by atoms with Crippen LogP contribution in [0.3, 0.4) is 0 Å². The molecule has 0 bridgehead atoms. The van der Waals surface area contributed by atoms with Crippen molar-refractivity contribution >= 4 is 5.91 Å². The number of aliphatic hydroxyl groups excluding tert-OH is 1. The predicted octanol–water partition coefficient (Wildman–Crippen LogP) is 1.41. The molecule has 0 aromatic rings. The summed E-state index contributed by atoms with van der Waals surface area (Å²) in [5.41, 5.74) is 0. The third kappa shape index (κ3) is 3.29. The van der Waals surface area contributed by atoms with Crippen LogP contribution >= 0.6 is 0 Å². The zero-order valence-corrected chi connectivity index (χ0v) is 9.04. The molecule has 3 heteroatoms. The fourth-order valence-corrected chi connectivity index (χ4v) is 1.93. The molecule has 0 saturated carbocycles. The molecule has 0 aromatic heterocycles. The minimum Gasteiger partial charge on any atom is -0.396 e. The van der Waals surface area contributed by atoms with Crippen LogP contribution in [-0.4, -0.2) is 35.6 Å². The SMILES string of the molecule is CCCCC(=O)N1CCC[C@H](CO)C1. The van der Waals surface area contributed by atoms with Crippen LogP contribution in [0.1, 0.15) is 39.0 Å². The van der Waals surface area contributed by atoms with E-state index < -0.39 is 0 Å². The van der Waals surface area contributed by atoms with Gasteiger partial charge in [0.05, 0.1) is 0 Å². The van der Waals surface area contributed by atoms with Gasteiger partial charge in [-0.25, -0.2) is 0 Å². The molecule has 0 unspecified atom stereocenters. The van der Waals surface area contributed by atoms with Crippen molar-refractivity contribution < 1.29 is 9.90 Å². The lowest BCUT2D eigenvalue weighted by Gasteiger charge is -2.31. The predicted molar refractivity (Wildman–Crippen MR) is 55.9 cm³/mol. The molecule has 3 nitrogen and oxygen atoms in total. The van der Waals surface area contributed by atoms with Crippen LogP contribution in [-0.2, 0) is 4.79 Å². The van der Waals surface area contributed by atoms with Crippen LogP contribution in [0.15, 0.2) is 0 Å². The smallest absolute Gasteiger partial charge is 0.222 e. The molecule has 1 saturated heterocycles. The molecule has 0 spiro atoms. The number of unbranched alkanes of at least 4 members (excludes halogenated alkanes) is 1. The number of amides is 1. The second-order valence-electron chi connectivity index (χ2n) is 4.13. The lowest BCUT2D eigenvalue weighted by atomic mass is 9.98. The molecule has 1 fully saturated rings. The minimum absolute atomic E-state index is 0.220. The number of hydrogen-bond donors (Lipinski definition) is 1. The number of hydrogen-bond acceptors (Lipinski definition) is 2. The minimum atomic E-state index is 0.220. The first-order valence-corrected chi connectivity index (χ1v) is 5.66. The maximum Gasteiger partial charge on any atom is 0.222 e. The monoisotopic (exact) mass is 199 g/mol. The third-order valence-corrected chi connectivity index (χ3v) is 2.87. The van der Waals surface area contributed by atoms with E-state index in [0.29, 0.717) is 12.3 Å². The second-order valence-corrected chi connectivity index (χ2v) is 4.13. The molecule has 1 rings (SSSR count). The molecule has 1 aliphatic heterocycles. The lowest BCUT2D eigenvalue weighted by Crippen LogP contribution is -2.40. The van der Waals surface area contributed by atoms with Gasteiger partial charge in [0.25, 0.3) is 0 Å². The number of carbonyl (C=O) groups excluding carboxylic acids is 1. The first kappa shape index (κ1) is 11.5. The molecule has 82 valence electrons. The summed E-state index contributed by atoms with van der Waals surface area (Å²) in [6.45, 7) is 3.97. The summed E-state index contributed by atoms with van der Waals surface area (Å²) in [6, 6.07) is 0. The Kier molecular flexibility index (Phi) is 4.94. The molecule has 14 heavy (non-hydrogen) atoms. The molecule has 1 N–H and O–H groups in total. The van der Waals surface area contributed by atoms with E-state index in [9.17, 15) is 4.79 Å². The molecule has 1 amide bonds. The Labute approximate surface area is 86.1 Å². The first-order chi connectivity index (χ1) is 6.77. The second kappa shape index (κ2) is 6.02. The summed E-state index contributed by atoms with van der Waals surface area (Å²) in [5.74, 6) is 0.583. The molecule has 0 aromatic carbocycles. The van der Waals surface area contributed by atoms with Gasteiger partial charge in [-0.15, -0.1) is 0 Å². The third-order valence-electron chi connectivity index (χ3n) is 2.87. The Morgan fingerprint density at radius 3 is 3.00 bits per heavy atom. The lowest BCUT2D eigenvalue weighted by molar-refractivity contribution is -0.133. The van der Waals surface area contributed by atoms with E-state index in [1.54, 1.807) is 0 Å². The highest BCUT2D eigenvalue weighted by atomic mass is 16.3. The number of rotatable bonds is 4. The number of nitrogens with zero attached hydrogens (tertiary/aromatic N) is 1. The van der Waals surface area contributed by atoms with Crippen molar-refractivity contribution in [1.29, 1.82) is 0 Å². The summed E-state index contributed by atoms with van der Waals surface area (Å²) < 4.78 is 0. The van der Waals surface area contributed by atoms with Crippen LogP contribution in [0.5, 0.6) is 0 Å².